The molecule has 22 nitrogen and oxygen atoms in total. The zero-order chi connectivity index (χ0) is 91.1. The smallest absolute Gasteiger partial charge is 0.349 e. The van der Waals surface area contributed by atoms with Crippen molar-refractivity contribution in [3.05, 3.63) is 272 Å². The van der Waals surface area contributed by atoms with Gasteiger partial charge in [0.05, 0.1) is 48.4 Å². The van der Waals surface area contributed by atoms with Gasteiger partial charge in [-0.15, -0.1) is 11.6 Å². The number of hydrogen-bond acceptors (Lipinski definition) is 18. The first-order chi connectivity index (χ1) is 59.5. The SMILES string of the molecule is C=C(Cl)C(=O)OCCN(CCOC(=O)C(=C)Cl)C(=O)C(c1ccccc1)N1C(=O)c2cc(Oc3ccc(C(C)(C)C)cc3)c3c4c(Oc5ccc(C(C)(C)C)cc5)cc5c6c(cc(Oc7ccc(C(C)(C)C)cc7)c(c7c(Oc8ccc(C(C)(C)C)cc8)cc(c2c37)C1=O)c64)C(=O)N(C(C(=O)N(CCOC(=O)C(=C)Cl)CCOC(=O)C(C)Cl)c1ccccc1)C5=O. The Hall–Kier alpha value is -12.6. The summed E-state index contributed by atoms with van der Waals surface area (Å²) in [4.78, 5) is 156. The maximum absolute atomic E-state index is 17.1. The molecule has 0 bridgehead atoms. The Balaban J connectivity index is 1.18. The lowest BCUT2D eigenvalue weighted by molar-refractivity contribution is -0.147. The van der Waals surface area contributed by atoms with Crippen molar-refractivity contribution in [2.75, 3.05) is 52.6 Å². The number of ether oxygens (including phenoxy) is 8. The molecule has 126 heavy (non-hydrogen) atoms. The molecule has 13 rings (SSSR count). The van der Waals surface area contributed by atoms with Crippen molar-refractivity contribution in [3.8, 4) is 46.0 Å². The molecule has 0 spiro atoms. The molecule has 6 amide bonds. The summed E-state index contributed by atoms with van der Waals surface area (Å²) in [6.07, 6.45) is 0. The minimum Gasteiger partial charge on any atom is -0.463 e. The molecule has 2 heterocycles. The summed E-state index contributed by atoms with van der Waals surface area (Å²) in [6, 6.07) is 47.5. The molecule has 3 unspecified atom stereocenters. The van der Waals surface area contributed by atoms with Gasteiger partial charge in [0.25, 0.3) is 35.4 Å². The molecule has 0 aromatic heterocycles. The lowest BCUT2D eigenvalue weighted by Crippen LogP contribution is -2.51. The van der Waals surface area contributed by atoms with E-state index >= 15 is 28.8 Å². The van der Waals surface area contributed by atoms with Crippen LogP contribution >= 0.6 is 46.4 Å². The number of imide groups is 2. The van der Waals surface area contributed by atoms with Gasteiger partial charge in [0.2, 0.25) is 0 Å². The van der Waals surface area contributed by atoms with Crippen molar-refractivity contribution in [3.63, 3.8) is 0 Å². The average Bonchev–Trinajstić information content (AvgIpc) is 0.668. The molecule has 0 fully saturated rings. The van der Waals surface area contributed by atoms with Gasteiger partial charge in [-0.05, 0) is 135 Å². The molecule has 26 heteroatoms. The topological polar surface area (TPSA) is 258 Å². The number of rotatable bonds is 30. The summed E-state index contributed by atoms with van der Waals surface area (Å²) in [5.74, 6) is -9.05. The Labute approximate surface area is 749 Å². The third kappa shape index (κ3) is 19.0. The number of carbonyl (C=O) groups excluding carboxylic acids is 10. The lowest BCUT2D eigenvalue weighted by atomic mass is 9.80. The van der Waals surface area contributed by atoms with Crippen LogP contribution in [-0.4, -0.2) is 137 Å². The summed E-state index contributed by atoms with van der Waals surface area (Å²) < 4.78 is 51.4. The van der Waals surface area contributed by atoms with Crippen molar-refractivity contribution in [2.24, 2.45) is 0 Å². The highest BCUT2D eigenvalue weighted by molar-refractivity contribution is 6.46. The molecule has 0 saturated heterocycles. The summed E-state index contributed by atoms with van der Waals surface area (Å²) in [6.45, 7) is 32.9. The quantitative estimate of drug-likeness (QED) is 0.00771. The zero-order valence-corrected chi connectivity index (χ0v) is 75.0. The van der Waals surface area contributed by atoms with Gasteiger partial charge in [-0.1, -0.05) is 247 Å². The number of hydrogen-bond donors (Lipinski definition) is 0. The van der Waals surface area contributed by atoms with Gasteiger partial charge >= 0.3 is 23.9 Å². The van der Waals surface area contributed by atoms with E-state index in [-0.39, 0.29) is 151 Å². The lowest BCUT2D eigenvalue weighted by Gasteiger charge is -2.37. The first-order valence-electron chi connectivity index (χ1n) is 40.8. The third-order valence-corrected chi connectivity index (χ3v) is 22.6. The van der Waals surface area contributed by atoms with E-state index < -0.39 is 138 Å². The minimum absolute atomic E-state index is 0.0102. The normalized spacial score (nSPS) is 13.6. The molecular weight excluding hydrogens is 1690 g/mol. The highest BCUT2D eigenvalue weighted by Gasteiger charge is 2.49. The van der Waals surface area contributed by atoms with Crippen LogP contribution in [0, 0.1) is 0 Å². The number of carbonyl (C=O) groups is 10. The summed E-state index contributed by atoms with van der Waals surface area (Å²) in [5.41, 5.74) is 1.74. The standard InChI is InChI=1S/C100H94Cl4N4O18/c1-55(101)93(115)119-47-43-105(44-48-120-94(116)56(2)102)91(113)85(59-23-19-17-20-24-59)107-87(109)69-51-73(123-65-35-27-61(28-36-65)97(5,6)7)79-81-75(125-67-39-31-63(32-40-67)99(11,12)13)53-71-78-72(90(112)108(89(71)111)86(60-25-21-18-22-26-60)92(114)106(45-49-121-95(117)57(3)103)46-50-122-96(118)58(4)104)54-76(126-68-41-33-64(34-42-68)100(14,15)16)82(84(78)81)80-74(52-70(88(107)110)77(69)83(79)80)124-66-37-29-62(30-38-66)98(8,9)10/h17-42,51-54,58,85-86H,1-3,43-50H2,4-16H3. The molecule has 11 aromatic carbocycles. The third-order valence-electron chi connectivity index (χ3n) is 22.0. The molecule has 3 atom stereocenters. The average molecular weight is 1780 g/mol. The first kappa shape index (κ1) is 91.1. The van der Waals surface area contributed by atoms with Gasteiger partial charge in [0.15, 0.2) is 0 Å². The van der Waals surface area contributed by atoms with E-state index in [0.29, 0.717) is 0 Å². The number of fused-ring (bicyclic) bond motifs is 2. The van der Waals surface area contributed by atoms with Crippen LogP contribution in [0.25, 0.3) is 43.1 Å². The van der Waals surface area contributed by atoms with E-state index in [1.807, 2.05) is 48.5 Å². The highest BCUT2D eigenvalue weighted by Crippen LogP contribution is 2.59. The number of alkyl halides is 1. The Morgan fingerprint density at radius 1 is 0.341 bits per heavy atom. The molecule has 0 aliphatic carbocycles. The summed E-state index contributed by atoms with van der Waals surface area (Å²) >= 11 is 24.1. The second-order valence-corrected chi connectivity index (χ2v) is 36.9. The monoisotopic (exact) mass is 1780 g/mol. The van der Waals surface area contributed by atoms with Gasteiger partial charge < -0.3 is 47.7 Å². The van der Waals surface area contributed by atoms with Crippen LogP contribution in [0.3, 0.4) is 0 Å². The number of nitrogens with zero attached hydrogens (tertiary/aromatic N) is 4. The largest absolute Gasteiger partial charge is 0.463 e. The number of esters is 4. The zero-order valence-electron chi connectivity index (χ0n) is 72.0. The van der Waals surface area contributed by atoms with Gasteiger partial charge in [-0.25, -0.2) is 14.4 Å². The van der Waals surface area contributed by atoms with Crippen LogP contribution in [-0.2, 0) is 69.4 Å². The van der Waals surface area contributed by atoms with Crippen LogP contribution in [0.15, 0.2) is 217 Å². The predicted molar refractivity (Wildman–Crippen MR) is 485 cm³/mol. The predicted octanol–water partition coefficient (Wildman–Crippen LogP) is 21.5. The van der Waals surface area contributed by atoms with Gasteiger partial charge in [0, 0.05) is 43.1 Å². The molecular formula is C100H94Cl4N4O18. The molecule has 0 saturated carbocycles. The molecule has 2 aliphatic rings. The second kappa shape index (κ2) is 36.5. The molecule has 0 N–H and O–H groups in total. The Bertz CT molecular complexity index is 5710. The molecule has 11 aromatic rings. The fraction of sp³-hybridized carbons (Fsp3) is 0.280. The van der Waals surface area contributed by atoms with Crippen molar-refractivity contribution in [1.29, 1.82) is 0 Å². The van der Waals surface area contributed by atoms with Crippen LogP contribution in [0.1, 0.15) is 177 Å². The van der Waals surface area contributed by atoms with E-state index in [4.69, 9.17) is 84.3 Å². The Morgan fingerprint density at radius 2 is 0.571 bits per heavy atom. The van der Waals surface area contributed by atoms with Crippen molar-refractivity contribution in [2.45, 2.75) is 129 Å². The summed E-state index contributed by atoms with van der Waals surface area (Å²) in [7, 11) is 0. The molecule has 2 aliphatic heterocycles. The first-order valence-corrected chi connectivity index (χ1v) is 42.4. The van der Waals surface area contributed by atoms with E-state index in [1.54, 1.807) is 109 Å². The Morgan fingerprint density at radius 3 is 0.786 bits per heavy atom. The van der Waals surface area contributed by atoms with Gasteiger partial charge in [-0.2, -0.15) is 0 Å². The van der Waals surface area contributed by atoms with Crippen molar-refractivity contribution >= 4 is 149 Å². The van der Waals surface area contributed by atoms with Crippen LogP contribution in [0.5, 0.6) is 46.0 Å². The fourth-order valence-electron chi connectivity index (χ4n) is 15.4. The van der Waals surface area contributed by atoms with Crippen molar-refractivity contribution < 1.29 is 85.8 Å². The number of halogens is 4. The number of benzene rings is 11. The van der Waals surface area contributed by atoms with Gasteiger partial charge in [0.1, 0.15) is 105 Å². The van der Waals surface area contributed by atoms with Crippen molar-refractivity contribution in [1.82, 2.24) is 19.6 Å². The Kier molecular flexibility index (Phi) is 26.4. The van der Waals surface area contributed by atoms with E-state index in [1.165, 1.54) is 36.1 Å². The van der Waals surface area contributed by atoms with E-state index in [9.17, 15) is 19.2 Å². The molecule has 0 radical (unpaired) electrons. The molecule has 650 valence electrons. The van der Waals surface area contributed by atoms with Crippen LogP contribution in [0.4, 0.5) is 0 Å². The summed E-state index contributed by atoms with van der Waals surface area (Å²) in [5, 5.41) is -1.67. The second-order valence-electron chi connectivity index (χ2n) is 34.8. The van der Waals surface area contributed by atoms with E-state index in [2.05, 4.69) is 103 Å². The minimum atomic E-state index is -1.87. The fourth-order valence-corrected chi connectivity index (χ4v) is 15.6. The van der Waals surface area contributed by atoms with Gasteiger partial charge in [-0.3, -0.25) is 43.4 Å². The maximum Gasteiger partial charge on any atom is 0.349 e. The van der Waals surface area contributed by atoms with Crippen LogP contribution < -0.4 is 18.9 Å². The maximum atomic E-state index is 17.1. The van der Waals surface area contributed by atoms with E-state index in [0.717, 1.165) is 37.0 Å². The van der Waals surface area contributed by atoms with Crippen LogP contribution in [0.2, 0.25) is 0 Å². The number of amides is 6. The highest BCUT2D eigenvalue weighted by atomic mass is 35.5.